The van der Waals surface area contributed by atoms with Crippen LogP contribution in [-0.2, 0) is 16.2 Å². The number of anilines is 1. The van der Waals surface area contributed by atoms with Crippen LogP contribution >= 0.6 is 27.5 Å². The van der Waals surface area contributed by atoms with Gasteiger partial charge in [0, 0.05) is 16.3 Å². The van der Waals surface area contributed by atoms with Crippen LogP contribution in [0.3, 0.4) is 0 Å². The lowest BCUT2D eigenvalue weighted by Crippen LogP contribution is -2.16. The molecule has 0 saturated heterocycles. The van der Waals surface area contributed by atoms with Crippen LogP contribution in [0.5, 0.6) is 11.5 Å². The molecule has 9 heteroatoms. The van der Waals surface area contributed by atoms with Crippen molar-refractivity contribution in [2.24, 2.45) is 5.16 Å². The van der Waals surface area contributed by atoms with E-state index in [1.807, 2.05) is 6.92 Å². The van der Waals surface area contributed by atoms with E-state index in [-0.39, 0.29) is 24.9 Å². The number of carbonyl (C=O) groups excluding carboxylic acids is 1. The molecule has 172 valence electrons. The van der Waals surface area contributed by atoms with Gasteiger partial charge in [-0.05, 0) is 76.9 Å². The second-order valence-electron chi connectivity index (χ2n) is 6.74. The SMILES string of the molecule is CCOc1cc(/C=N/OCC(=O)Nc2ccc(Cl)cc2)cc(Br)c1OCc1cccc(F)c1. The summed E-state index contributed by atoms with van der Waals surface area (Å²) in [5.41, 5.74) is 1.97. The molecular formula is C24H21BrClFN2O4. The number of nitrogens with one attached hydrogen (secondary N) is 1. The van der Waals surface area contributed by atoms with Gasteiger partial charge >= 0.3 is 0 Å². The van der Waals surface area contributed by atoms with Gasteiger partial charge in [-0.15, -0.1) is 0 Å². The van der Waals surface area contributed by atoms with Crippen molar-refractivity contribution in [3.8, 4) is 11.5 Å². The highest BCUT2D eigenvalue weighted by Crippen LogP contribution is 2.37. The van der Waals surface area contributed by atoms with Crippen molar-refractivity contribution in [1.82, 2.24) is 0 Å². The Morgan fingerprint density at radius 1 is 1.15 bits per heavy atom. The maximum absolute atomic E-state index is 13.4. The smallest absolute Gasteiger partial charge is 0.265 e. The van der Waals surface area contributed by atoms with Gasteiger partial charge in [-0.25, -0.2) is 4.39 Å². The molecule has 33 heavy (non-hydrogen) atoms. The highest BCUT2D eigenvalue weighted by molar-refractivity contribution is 9.10. The highest BCUT2D eigenvalue weighted by Gasteiger charge is 2.12. The standard InChI is InChI=1S/C24H21BrClFN2O4/c1-2-31-22-12-17(11-21(25)24(22)32-14-16-4-3-5-19(27)10-16)13-28-33-15-23(30)29-20-8-6-18(26)7-9-20/h3-13H,2,14-15H2,1H3,(H,29,30)/b28-13+. The molecule has 0 aliphatic rings. The topological polar surface area (TPSA) is 69.2 Å². The molecule has 0 aromatic heterocycles. The molecule has 0 saturated carbocycles. The highest BCUT2D eigenvalue weighted by atomic mass is 79.9. The third kappa shape index (κ3) is 7.76. The van der Waals surface area contributed by atoms with Gasteiger partial charge < -0.3 is 19.6 Å². The van der Waals surface area contributed by atoms with Crippen molar-refractivity contribution in [1.29, 1.82) is 0 Å². The summed E-state index contributed by atoms with van der Waals surface area (Å²) >= 11 is 9.30. The number of amides is 1. The summed E-state index contributed by atoms with van der Waals surface area (Å²) in [6, 6.07) is 16.4. The molecule has 3 aromatic carbocycles. The van der Waals surface area contributed by atoms with Gasteiger partial charge in [0.05, 0.1) is 17.3 Å². The van der Waals surface area contributed by atoms with Crippen LogP contribution < -0.4 is 14.8 Å². The van der Waals surface area contributed by atoms with Crippen molar-refractivity contribution in [3.05, 3.63) is 87.1 Å². The molecule has 0 unspecified atom stereocenters. The third-order valence-corrected chi connectivity index (χ3v) is 5.04. The van der Waals surface area contributed by atoms with Crippen LogP contribution in [0.4, 0.5) is 10.1 Å². The average Bonchev–Trinajstić information content (AvgIpc) is 2.78. The predicted molar refractivity (Wildman–Crippen MR) is 130 cm³/mol. The molecule has 0 radical (unpaired) electrons. The first kappa shape index (κ1) is 24.5. The number of benzene rings is 3. The molecule has 0 bridgehead atoms. The van der Waals surface area contributed by atoms with E-state index in [1.165, 1.54) is 18.3 Å². The number of oxime groups is 1. The van der Waals surface area contributed by atoms with Gasteiger partial charge in [0.2, 0.25) is 0 Å². The molecule has 1 N–H and O–H groups in total. The van der Waals surface area contributed by atoms with E-state index in [0.717, 1.165) is 0 Å². The maximum atomic E-state index is 13.4. The molecule has 1 amide bonds. The zero-order valence-corrected chi connectivity index (χ0v) is 20.0. The molecule has 3 rings (SSSR count). The number of hydrogen-bond acceptors (Lipinski definition) is 5. The maximum Gasteiger partial charge on any atom is 0.265 e. The van der Waals surface area contributed by atoms with Gasteiger partial charge in [-0.2, -0.15) is 0 Å². The lowest BCUT2D eigenvalue weighted by molar-refractivity contribution is -0.120. The Hall–Kier alpha value is -3.10. The van der Waals surface area contributed by atoms with Crippen LogP contribution in [0, 0.1) is 5.82 Å². The Morgan fingerprint density at radius 2 is 1.94 bits per heavy atom. The average molecular weight is 536 g/mol. The van der Waals surface area contributed by atoms with Crippen molar-refractivity contribution < 1.29 is 23.5 Å². The number of ether oxygens (including phenoxy) is 2. The lowest BCUT2D eigenvalue weighted by Gasteiger charge is -2.14. The molecular weight excluding hydrogens is 515 g/mol. The summed E-state index contributed by atoms with van der Waals surface area (Å²) in [4.78, 5) is 17.0. The number of halogens is 3. The third-order valence-electron chi connectivity index (χ3n) is 4.20. The van der Waals surface area contributed by atoms with E-state index in [4.69, 9.17) is 25.9 Å². The van der Waals surface area contributed by atoms with E-state index < -0.39 is 0 Å². The molecule has 0 heterocycles. The van der Waals surface area contributed by atoms with Gasteiger partial charge in [-0.1, -0.05) is 28.9 Å². The van der Waals surface area contributed by atoms with Crippen LogP contribution in [-0.4, -0.2) is 25.3 Å². The summed E-state index contributed by atoms with van der Waals surface area (Å²) < 4.78 is 25.6. The van der Waals surface area contributed by atoms with Crippen LogP contribution in [0.1, 0.15) is 18.1 Å². The largest absolute Gasteiger partial charge is 0.490 e. The minimum Gasteiger partial charge on any atom is -0.490 e. The molecule has 6 nitrogen and oxygen atoms in total. The molecule has 0 spiro atoms. The first-order valence-electron chi connectivity index (χ1n) is 9.99. The lowest BCUT2D eigenvalue weighted by atomic mass is 10.2. The number of nitrogens with zero attached hydrogens (tertiary/aromatic N) is 1. The van der Waals surface area contributed by atoms with Crippen molar-refractivity contribution in [3.63, 3.8) is 0 Å². The summed E-state index contributed by atoms with van der Waals surface area (Å²) in [7, 11) is 0. The Kier molecular flexibility index (Phi) is 9.09. The first-order chi connectivity index (χ1) is 15.9. The fourth-order valence-electron chi connectivity index (χ4n) is 2.77. The van der Waals surface area contributed by atoms with Crippen LogP contribution in [0.25, 0.3) is 0 Å². The normalized spacial score (nSPS) is 10.8. The summed E-state index contributed by atoms with van der Waals surface area (Å²) in [5.74, 6) is 0.298. The van der Waals surface area contributed by atoms with Crippen molar-refractivity contribution in [2.45, 2.75) is 13.5 Å². The number of hydrogen-bond donors (Lipinski definition) is 1. The molecule has 0 aliphatic heterocycles. The van der Waals surface area contributed by atoms with Gasteiger partial charge in [0.25, 0.3) is 5.91 Å². The second-order valence-corrected chi connectivity index (χ2v) is 8.04. The Labute approximate surface area is 204 Å². The summed E-state index contributed by atoms with van der Waals surface area (Å²) in [5, 5.41) is 7.10. The van der Waals surface area contributed by atoms with E-state index in [0.29, 0.717) is 44.4 Å². The fourth-order valence-corrected chi connectivity index (χ4v) is 3.47. The van der Waals surface area contributed by atoms with E-state index in [9.17, 15) is 9.18 Å². The summed E-state index contributed by atoms with van der Waals surface area (Å²) in [6.45, 7) is 2.20. The minimum absolute atomic E-state index is 0.176. The van der Waals surface area contributed by atoms with E-state index in [1.54, 1.807) is 48.5 Å². The van der Waals surface area contributed by atoms with Gasteiger partial charge in [-0.3, -0.25) is 4.79 Å². The Balaban J connectivity index is 1.59. The zero-order chi connectivity index (χ0) is 23.6. The van der Waals surface area contributed by atoms with Gasteiger partial charge in [0.15, 0.2) is 18.1 Å². The number of carbonyl (C=O) groups is 1. The molecule has 3 aromatic rings. The first-order valence-corrected chi connectivity index (χ1v) is 11.2. The van der Waals surface area contributed by atoms with E-state index >= 15 is 0 Å². The fraction of sp³-hybridized carbons (Fsp3) is 0.167. The zero-order valence-electron chi connectivity index (χ0n) is 17.7. The molecule has 0 aliphatic carbocycles. The quantitative estimate of drug-likeness (QED) is 0.248. The second kappa shape index (κ2) is 12.2. The van der Waals surface area contributed by atoms with Crippen LogP contribution in [0.2, 0.25) is 5.02 Å². The Morgan fingerprint density at radius 3 is 2.67 bits per heavy atom. The molecule has 0 fully saturated rings. The minimum atomic E-state index is -0.355. The van der Waals surface area contributed by atoms with Gasteiger partial charge in [0.1, 0.15) is 12.4 Å². The predicted octanol–water partition coefficient (Wildman–Crippen LogP) is 6.21. The monoisotopic (exact) mass is 534 g/mol. The van der Waals surface area contributed by atoms with Crippen molar-refractivity contribution in [2.75, 3.05) is 18.5 Å². The Bertz CT molecular complexity index is 1130. The van der Waals surface area contributed by atoms with E-state index in [2.05, 4.69) is 26.4 Å². The van der Waals surface area contributed by atoms with Crippen LogP contribution in [0.15, 0.2) is 70.3 Å². The number of rotatable bonds is 10. The summed E-state index contributed by atoms with van der Waals surface area (Å²) in [6.07, 6.45) is 1.46. The molecule has 0 atom stereocenters. The van der Waals surface area contributed by atoms with Crippen molar-refractivity contribution >= 4 is 45.3 Å².